The van der Waals surface area contributed by atoms with Crippen LogP contribution in [-0.4, -0.2) is 89.0 Å². The van der Waals surface area contributed by atoms with Gasteiger partial charge in [-0.2, -0.15) is 0 Å². The van der Waals surface area contributed by atoms with Crippen LogP contribution in [0.2, 0.25) is 0 Å². The van der Waals surface area contributed by atoms with Crippen LogP contribution in [0.5, 0.6) is 0 Å². The van der Waals surface area contributed by atoms with E-state index in [1.54, 1.807) is 0 Å². The maximum Gasteiger partial charge on any atom is 0.326 e. The number of carbonyl (C=O) groups is 4. The molecule has 0 aromatic rings. The molecule has 0 saturated carbocycles. The van der Waals surface area contributed by atoms with Crippen LogP contribution in [-0.2, 0) is 19.2 Å². The van der Waals surface area contributed by atoms with E-state index < -0.39 is 60.6 Å². The van der Waals surface area contributed by atoms with Crippen LogP contribution in [0.1, 0.15) is 45.4 Å². The first kappa shape index (κ1) is 29.7. The zero-order chi connectivity index (χ0) is 24.7. The molecule has 0 saturated heterocycles. The molecular weight excluding hydrogens is 424 g/mol. The van der Waals surface area contributed by atoms with Crippen molar-refractivity contribution in [2.75, 3.05) is 19.7 Å². The first-order valence-corrected chi connectivity index (χ1v) is 10.7. The smallest absolute Gasteiger partial charge is 0.326 e. The van der Waals surface area contributed by atoms with Gasteiger partial charge in [0.15, 0.2) is 0 Å². The molecule has 3 amide bonds. The first-order chi connectivity index (χ1) is 15.1. The van der Waals surface area contributed by atoms with Gasteiger partial charge >= 0.3 is 5.97 Å². The summed E-state index contributed by atoms with van der Waals surface area (Å²) in [6, 6.07) is -5.07. The summed E-state index contributed by atoms with van der Waals surface area (Å²) in [5.74, 6) is -3.80. The minimum atomic E-state index is -1.51. The highest BCUT2D eigenvalue weighted by molar-refractivity contribution is 5.94. The van der Waals surface area contributed by atoms with Crippen LogP contribution in [0.25, 0.3) is 0 Å². The van der Waals surface area contributed by atoms with Crippen LogP contribution < -0.4 is 33.2 Å². The third-order valence-electron chi connectivity index (χ3n) is 4.75. The molecule has 0 aliphatic heterocycles. The average molecular weight is 463 g/mol. The summed E-state index contributed by atoms with van der Waals surface area (Å²) in [7, 11) is 0. The Bertz CT molecular complexity index is 605. The van der Waals surface area contributed by atoms with E-state index in [-0.39, 0.29) is 6.42 Å². The second-order valence-electron chi connectivity index (χ2n) is 7.55. The summed E-state index contributed by atoms with van der Waals surface area (Å²) >= 11 is 0. The number of carboxylic acid groups (broad SMARTS) is 1. The SMILES string of the molecule is CC(O)C(NC(=O)C(CO)NC(=O)C(N)CCCCN)C(=O)NC(CCCCN)C(=O)O. The normalized spacial score (nSPS) is 15.7. The fourth-order valence-electron chi connectivity index (χ4n) is 2.78. The second kappa shape index (κ2) is 16.3. The Kier molecular flexibility index (Phi) is 15.1. The second-order valence-corrected chi connectivity index (χ2v) is 7.55. The zero-order valence-electron chi connectivity index (χ0n) is 18.5. The highest BCUT2D eigenvalue weighted by atomic mass is 16.4. The minimum Gasteiger partial charge on any atom is -0.480 e. The summed E-state index contributed by atoms with van der Waals surface area (Å²) < 4.78 is 0. The van der Waals surface area contributed by atoms with Crippen LogP contribution in [0.3, 0.4) is 0 Å². The van der Waals surface area contributed by atoms with Crippen molar-refractivity contribution in [3.63, 3.8) is 0 Å². The van der Waals surface area contributed by atoms with E-state index in [2.05, 4.69) is 16.0 Å². The molecule has 32 heavy (non-hydrogen) atoms. The third-order valence-corrected chi connectivity index (χ3v) is 4.75. The van der Waals surface area contributed by atoms with Gasteiger partial charge in [0.1, 0.15) is 18.1 Å². The zero-order valence-corrected chi connectivity index (χ0v) is 18.5. The minimum absolute atomic E-state index is 0.121. The number of hydrogen-bond acceptors (Lipinski definition) is 9. The molecular formula is C19H38N6O7. The Hall–Kier alpha value is -2.32. The van der Waals surface area contributed by atoms with Gasteiger partial charge < -0.3 is 48.5 Å². The number of aliphatic hydroxyl groups is 2. The van der Waals surface area contributed by atoms with E-state index in [9.17, 15) is 34.5 Å². The molecule has 0 fully saturated rings. The Balaban J connectivity index is 5.04. The molecule has 186 valence electrons. The lowest BCUT2D eigenvalue weighted by molar-refractivity contribution is -0.143. The maximum atomic E-state index is 12.5. The van der Waals surface area contributed by atoms with Gasteiger partial charge in [-0.05, 0) is 52.1 Å². The molecule has 0 spiro atoms. The van der Waals surface area contributed by atoms with Crippen molar-refractivity contribution in [2.45, 2.75) is 75.7 Å². The Labute approximate surface area is 187 Å². The number of carboxylic acids is 1. The molecule has 0 heterocycles. The Morgan fingerprint density at radius 2 is 1.34 bits per heavy atom. The van der Waals surface area contributed by atoms with Gasteiger partial charge in [-0.3, -0.25) is 14.4 Å². The van der Waals surface area contributed by atoms with Crippen molar-refractivity contribution in [3.05, 3.63) is 0 Å². The monoisotopic (exact) mass is 462 g/mol. The number of nitrogens with two attached hydrogens (primary N) is 3. The molecule has 12 N–H and O–H groups in total. The van der Waals surface area contributed by atoms with Gasteiger partial charge in [0.2, 0.25) is 17.7 Å². The molecule has 5 atom stereocenters. The number of rotatable bonds is 17. The summed E-state index contributed by atoms with van der Waals surface area (Å²) in [6.07, 6.45) is 1.40. The summed E-state index contributed by atoms with van der Waals surface area (Å²) in [5, 5.41) is 35.5. The summed E-state index contributed by atoms with van der Waals surface area (Å²) in [5.41, 5.74) is 16.5. The average Bonchev–Trinajstić information content (AvgIpc) is 2.74. The van der Waals surface area contributed by atoms with E-state index in [1.165, 1.54) is 6.92 Å². The van der Waals surface area contributed by atoms with Gasteiger partial charge in [-0.25, -0.2) is 4.79 Å². The van der Waals surface area contributed by atoms with Crippen LogP contribution >= 0.6 is 0 Å². The molecule has 13 heteroatoms. The van der Waals surface area contributed by atoms with Crippen molar-refractivity contribution in [1.82, 2.24) is 16.0 Å². The quantitative estimate of drug-likeness (QED) is 0.0964. The van der Waals surface area contributed by atoms with Crippen molar-refractivity contribution in [2.24, 2.45) is 17.2 Å². The number of amides is 3. The first-order valence-electron chi connectivity index (χ1n) is 10.7. The van der Waals surface area contributed by atoms with Crippen LogP contribution in [0.4, 0.5) is 0 Å². The van der Waals surface area contributed by atoms with Crippen LogP contribution in [0.15, 0.2) is 0 Å². The topological polar surface area (TPSA) is 243 Å². The molecule has 0 aliphatic rings. The third kappa shape index (κ3) is 11.3. The van der Waals surface area contributed by atoms with Gasteiger partial charge in [0, 0.05) is 0 Å². The number of nitrogens with one attached hydrogen (secondary N) is 3. The van der Waals surface area contributed by atoms with Gasteiger partial charge in [0.05, 0.1) is 18.8 Å². The van der Waals surface area contributed by atoms with Crippen LogP contribution in [0, 0.1) is 0 Å². The van der Waals surface area contributed by atoms with E-state index in [0.29, 0.717) is 45.2 Å². The predicted molar refractivity (Wildman–Crippen MR) is 116 cm³/mol. The Morgan fingerprint density at radius 1 is 0.812 bits per heavy atom. The standard InChI is InChI=1S/C19H38N6O7/c1-11(27)15(18(30)23-13(19(31)32)7-3-5-9-21)25-17(29)14(10-26)24-16(28)12(22)6-2-4-8-20/h11-15,26-27H,2-10,20-22H2,1H3,(H,23,30)(H,24,28)(H,25,29)(H,31,32). The summed E-state index contributed by atoms with van der Waals surface area (Å²) in [4.78, 5) is 48.5. The molecule has 0 radical (unpaired) electrons. The number of unbranched alkanes of at least 4 members (excludes halogenated alkanes) is 2. The van der Waals surface area contributed by atoms with Crippen molar-refractivity contribution in [1.29, 1.82) is 0 Å². The highest BCUT2D eigenvalue weighted by Crippen LogP contribution is 2.04. The molecule has 0 bridgehead atoms. The highest BCUT2D eigenvalue weighted by Gasteiger charge is 2.32. The Morgan fingerprint density at radius 3 is 1.81 bits per heavy atom. The van der Waals surface area contributed by atoms with Gasteiger partial charge in [0.25, 0.3) is 0 Å². The number of carbonyl (C=O) groups excluding carboxylic acids is 3. The van der Waals surface area contributed by atoms with E-state index in [0.717, 1.165) is 0 Å². The fraction of sp³-hybridized carbons (Fsp3) is 0.789. The molecule has 0 aromatic carbocycles. The van der Waals surface area contributed by atoms with Gasteiger partial charge in [-0.15, -0.1) is 0 Å². The lowest BCUT2D eigenvalue weighted by atomic mass is 10.1. The van der Waals surface area contributed by atoms with E-state index in [1.807, 2.05) is 0 Å². The number of aliphatic carboxylic acids is 1. The summed E-state index contributed by atoms with van der Waals surface area (Å²) in [6.45, 7) is 1.28. The van der Waals surface area contributed by atoms with Gasteiger partial charge in [-0.1, -0.05) is 6.42 Å². The molecule has 5 unspecified atom stereocenters. The predicted octanol–water partition coefficient (Wildman–Crippen LogP) is -3.52. The number of aliphatic hydroxyl groups excluding tert-OH is 2. The van der Waals surface area contributed by atoms with Crippen molar-refractivity contribution < 1.29 is 34.5 Å². The van der Waals surface area contributed by atoms with Crippen molar-refractivity contribution >= 4 is 23.7 Å². The number of hydrogen-bond donors (Lipinski definition) is 9. The fourth-order valence-corrected chi connectivity index (χ4v) is 2.78. The molecule has 0 aromatic heterocycles. The van der Waals surface area contributed by atoms with E-state index >= 15 is 0 Å². The lowest BCUT2D eigenvalue weighted by Gasteiger charge is -2.26. The lowest BCUT2D eigenvalue weighted by Crippen LogP contribution is -2.60. The molecule has 13 nitrogen and oxygen atoms in total. The molecule has 0 rings (SSSR count). The van der Waals surface area contributed by atoms with E-state index in [4.69, 9.17) is 17.2 Å². The largest absolute Gasteiger partial charge is 0.480 e. The maximum absolute atomic E-state index is 12.5. The van der Waals surface area contributed by atoms with Crippen molar-refractivity contribution in [3.8, 4) is 0 Å². The molecule has 0 aliphatic carbocycles.